The second kappa shape index (κ2) is 5.16. The molecule has 0 spiro atoms. The monoisotopic (exact) mass is 334 g/mol. The molecule has 0 amide bonds. The highest BCUT2D eigenvalue weighted by Crippen LogP contribution is 2.35. The van der Waals surface area contributed by atoms with Gasteiger partial charge in [-0.3, -0.25) is 0 Å². The fourth-order valence-electron chi connectivity index (χ4n) is 1.49. The Labute approximate surface area is 115 Å². The van der Waals surface area contributed by atoms with E-state index in [4.69, 9.17) is 4.42 Å². The fraction of sp³-hybridized carbons (Fsp3) is 0.250. The molecule has 0 saturated heterocycles. The van der Waals surface area contributed by atoms with Gasteiger partial charge in [0.15, 0.2) is 5.58 Å². The number of fused-ring (bicyclic) bond motifs is 1. The quantitative estimate of drug-likeness (QED) is 0.799. The summed E-state index contributed by atoms with van der Waals surface area (Å²) in [7, 11) is 0. The van der Waals surface area contributed by atoms with Crippen molar-refractivity contribution in [1.29, 1.82) is 0 Å². The fourth-order valence-corrected chi connectivity index (χ4v) is 1.93. The number of furan rings is 1. The van der Waals surface area contributed by atoms with Crippen LogP contribution in [0.3, 0.4) is 0 Å². The van der Waals surface area contributed by atoms with E-state index in [0.29, 0.717) is 15.4 Å². The molecule has 0 aliphatic rings. The van der Waals surface area contributed by atoms with Crippen LogP contribution in [0.5, 0.6) is 5.75 Å². The zero-order valence-corrected chi connectivity index (χ0v) is 11.4. The van der Waals surface area contributed by atoms with Gasteiger partial charge in [0.25, 0.3) is 0 Å². The lowest BCUT2D eigenvalue weighted by Gasteiger charge is -2.16. The molecule has 0 aliphatic heterocycles. The smallest absolute Gasteiger partial charge is 0.463 e. The van der Waals surface area contributed by atoms with E-state index in [-0.39, 0.29) is 12.4 Å². The molecular formula is C12H9BrF2O4. The second-order valence-electron chi connectivity index (χ2n) is 3.55. The molecular weight excluding hydrogens is 326 g/mol. The average molecular weight is 335 g/mol. The van der Waals surface area contributed by atoms with Crippen LogP contribution in [0.1, 0.15) is 6.92 Å². The van der Waals surface area contributed by atoms with Crippen LogP contribution in [0.15, 0.2) is 33.4 Å². The summed E-state index contributed by atoms with van der Waals surface area (Å²) in [4.78, 5) is 11.1. The van der Waals surface area contributed by atoms with E-state index < -0.39 is 12.1 Å². The van der Waals surface area contributed by atoms with Crippen LogP contribution in [-0.4, -0.2) is 18.7 Å². The van der Waals surface area contributed by atoms with E-state index in [9.17, 15) is 13.6 Å². The molecule has 0 radical (unpaired) electrons. The van der Waals surface area contributed by atoms with Gasteiger partial charge >= 0.3 is 12.1 Å². The van der Waals surface area contributed by atoms with Crippen LogP contribution in [0.25, 0.3) is 11.0 Å². The van der Waals surface area contributed by atoms with Crippen LogP contribution in [0.2, 0.25) is 0 Å². The van der Waals surface area contributed by atoms with Crippen molar-refractivity contribution in [3.05, 3.63) is 28.9 Å². The molecule has 7 heteroatoms. The average Bonchev–Trinajstić information content (AvgIpc) is 2.83. The molecule has 0 saturated carbocycles. The van der Waals surface area contributed by atoms with Gasteiger partial charge < -0.3 is 13.9 Å². The lowest BCUT2D eigenvalue weighted by atomic mass is 10.2. The van der Waals surface area contributed by atoms with Gasteiger partial charge in [-0.2, -0.15) is 8.78 Å². The second-order valence-corrected chi connectivity index (χ2v) is 4.40. The van der Waals surface area contributed by atoms with Crippen molar-refractivity contribution in [1.82, 2.24) is 0 Å². The van der Waals surface area contributed by atoms with E-state index in [1.54, 1.807) is 0 Å². The Bertz CT molecular complexity index is 609. The summed E-state index contributed by atoms with van der Waals surface area (Å²) in [5.41, 5.74) is 0.358. The van der Waals surface area contributed by atoms with Gasteiger partial charge in [0.1, 0.15) is 5.75 Å². The summed E-state index contributed by atoms with van der Waals surface area (Å²) in [6.45, 7) is 1.28. The van der Waals surface area contributed by atoms with E-state index in [0.717, 1.165) is 0 Å². The zero-order valence-electron chi connectivity index (χ0n) is 9.78. The van der Waals surface area contributed by atoms with Gasteiger partial charge in [-0.25, -0.2) is 4.79 Å². The number of benzene rings is 1. The SMILES string of the molecule is CCOC(=O)C(F)(F)Oc1ccc(Br)c2occc12. The first-order chi connectivity index (χ1) is 8.95. The minimum atomic E-state index is -4.05. The minimum Gasteiger partial charge on any atom is -0.463 e. The number of hydrogen-bond donors (Lipinski definition) is 0. The molecule has 4 nitrogen and oxygen atoms in total. The maximum atomic E-state index is 13.5. The predicted octanol–water partition coefficient (Wildman–Crippen LogP) is 3.73. The third-order valence-electron chi connectivity index (χ3n) is 2.28. The van der Waals surface area contributed by atoms with Crippen LogP contribution in [-0.2, 0) is 9.53 Å². The number of rotatable bonds is 4. The maximum Gasteiger partial charge on any atom is 0.502 e. The van der Waals surface area contributed by atoms with E-state index in [1.165, 1.54) is 31.4 Å². The Morgan fingerprint density at radius 2 is 2.16 bits per heavy atom. The van der Waals surface area contributed by atoms with Crippen molar-refractivity contribution in [3.63, 3.8) is 0 Å². The summed E-state index contributed by atoms with van der Waals surface area (Å²) < 4.78 is 41.4. The number of carbonyl (C=O) groups is 1. The molecule has 0 bridgehead atoms. The third kappa shape index (κ3) is 2.70. The van der Waals surface area contributed by atoms with Crippen LogP contribution in [0.4, 0.5) is 8.78 Å². The molecule has 0 atom stereocenters. The number of esters is 1. The minimum absolute atomic E-state index is 0.154. The molecule has 1 aromatic carbocycles. The van der Waals surface area contributed by atoms with Crippen molar-refractivity contribution in [3.8, 4) is 5.75 Å². The Balaban J connectivity index is 2.33. The summed E-state index contributed by atoms with van der Waals surface area (Å²) in [5, 5.41) is 0.332. The van der Waals surface area contributed by atoms with Crippen LogP contribution in [0, 0.1) is 0 Å². The van der Waals surface area contributed by atoms with Gasteiger partial charge in [0.2, 0.25) is 0 Å². The molecule has 102 valence electrons. The summed E-state index contributed by atoms with van der Waals surface area (Å²) in [6, 6.07) is 4.27. The molecule has 2 aromatic rings. The highest BCUT2D eigenvalue weighted by atomic mass is 79.9. The first kappa shape index (κ1) is 13.8. The Kier molecular flexibility index (Phi) is 3.75. The first-order valence-electron chi connectivity index (χ1n) is 5.35. The Morgan fingerprint density at radius 1 is 1.42 bits per heavy atom. The Morgan fingerprint density at radius 3 is 2.84 bits per heavy atom. The standard InChI is InChI=1S/C12H9BrF2O4/c1-2-17-11(16)12(14,15)19-9-4-3-8(13)10-7(9)5-6-18-10/h3-6H,2H2,1H3. The number of ether oxygens (including phenoxy) is 2. The van der Waals surface area contributed by atoms with Gasteiger partial charge in [-0.05, 0) is 41.1 Å². The normalized spacial score (nSPS) is 11.6. The van der Waals surface area contributed by atoms with Crippen molar-refractivity contribution < 1.29 is 27.5 Å². The van der Waals surface area contributed by atoms with Crippen molar-refractivity contribution in [2.24, 2.45) is 0 Å². The highest BCUT2D eigenvalue weighted by molar-refractivity contribution is 9.10. The van der Waals surface area contributed by atoms with E-state index in [2.05, 4.69) is 25.4 Å². The third-order valence-corrected chi connectivity index (χ3v) is 2.90. The van der Waals surface area contributed by atoms with Gasteiger partial charge in [0.05, 0.1) is 22.7 Å². The number of carbonyl (C=O) groups excluding carboxylic acids is 1. The van der Waals surface area contributed by atoms with Crippen molar-refractivity contribution >= 4 is 32.9 Å². The zero-order chi connectivity index (χ0) is 14.0. The van der Waals surface area contributed by atoms with Gasteiger partial charge in [-0.1, -0.05) is 0 Å². The van der Waals surface area contributed by atoms with Gasteiger partial charge in [-0.15, -0.1) is 0 Å². The molecule has 0 unspecified atom stereocenters. The molecule has 0 fully saturated rings. The molecule has 1 heterocycles. The van der Waals surface area contributed by atoms with E-state index in [1.807, 2.05) is 0 Å². The largest absolute Gasteiger partial charge is 0.502 e. The summed E-state index contributed by atoms with van der Waals surface area (Å²) >= 11 is 3.22. The van der Waals surface area contributed by atoms with Gasteiger partial charge in [0, 0.05) is 0 Å². The van der Waals surface area contributed by atoms with Crippen molar-refractivity contribution in [2.75, 3.05) is 6.61 Å². The number of hydrogen-bond acceptors (Lipinski definition) is 4. The lowest BCUT2D eigenvalue weighted by Crippen LogP contribution is -2.36. The predicted molar refractivity (Wildman–Crippen MR) is 66.1 cm³/mol. The van der Waals surface area contributed by atoms with Crippen LogP contribution < -0.4 is 4.74 Å². The molecule has 1 aromatic heterocycles. The topological polar surface area (TPSA) is 48.7 Å². The number of halogens is 3. The van der Waals surface area contributed by atoms with E-state index >= 15 is 0 Å². The lowest BCUT2D eigenvalue weighted by molar-refractivity contribution is -0.216. The maximum absolute atomic E-state index is 13.5. The molecule has 0 N–H and O–H groups in total. The van der Waals surface area contributed by atoms with Crippen molar-refractivity contribution in [2.45, 2.75) is 13.0 Å². The van der Waals surface area contributed by atoms with Crippen LogP contribution >= 0.6 is 15.9 Å². The Hall–Kier alpha value is -1.63. The highest BCUT2D eigenvalue weighted by Gasteiger charge is 2.44. The molecule has 19 heavy (non-hydrogen) atoms. The molecule has 0 aliphatic carbocycles. The molecule has 2 rings (SSSR count). The summed E-state index contributed by atoms with van der Waals surface area (Å²) in [6.07, 6.45) is -2.71. The number of alkyl halides is 2. The first-order valence-corrected chi connectivity index (χ1v) is 6.14. The summed E-state index contributed by atoms with van der Waals surface area (Å²) in [5.74, 6) is -1.89.